The van der Waals surface area contributed by atoms with Crippen molar-refractivity contribution in [2.24, 2.45) is 0 Å². The molecule has 0 radical (unpaired) electrons. The van der Waals surface area contributed by atoms with E-state index >= 15 is 0 Å². The van der Waals surface area contributed by atoms with Gasteiger partial charge in [0.2, 0.25) is 0 Å². The van der Waals surface area contributed by atoms with E-state index in [4.69, 9.17) is 4.74 Å². The highest BCUT2D eigenvalue weighted by atomic mass is 127. The molecule has 0 aliphatic carbocycles. The van der Waals surface area contributed by atoms with E-state index in [1.54, 1.807) is 0 Å². The Labute approximate surface area is 86.6 Å². The van der Waals surface area contributed by atoms with E-state index in [0.29, 0.717) is 6.61 Å². The van der Waals surface area contributed by atoms with E-state index in [0.717, 1.165) is 9.32 Å². The fraction of sp³-hybridized carbons (Fsp3) is 0.200. The van der Waals surface area contributed by atoms with E-state index in [1.165, 1.54) is 0 Å². The second-order valence-electron chi connectivity index (χ2n) is 2.31. The highest BCUT2D eigenvalue weighted by Crippen LogP contribution is 2.19. The minimum absolute atomic E-state index is 0.649. The smallest absolute Gasteiger partial charge is 0.133 e. The van der Waals surface area contributed by atoms with Gasteiger partial charge in [-0.2, -0.15) is 0 Å². The number of rotatable bonds is 3. The summed E-state index contributed by atoms with van der Waals surface area (Å²) in [5.41, 5.74) is 0. The lowest BCUT2D eigenvalue weighted by molar-refractivity contribution is 0.360. The molecule has 0 aromatic heterocycles. The molecule has 12 heavy (non-hydrogen) atoms. The van der Waals surface area contributed by atoms with Crippen LogP contribution in [-0.2, 0) is 0 Å². The molecule has 0 saturated heterocycles. The third-order valence-electron chi connectivity index (χ3n) is 1.41. The summed E-state index contributed by atoms with van der Waals surface area (Å²) in [6.07, 6.45) is 3.97. The molecule has 0 atom stereocenters. The summed E-state index contributed by atoms with van der Waals surface area (Å²) in [5.74, 6) is 0.955. The molecular formula is C10H11IO. The second-order valence-corrected chi connectivity index (χ2v) is 3.47. The largest absolute Gasteiger partial charge is 0.488 e. The number of hydrogen-bond donors (Lipinski definition) is 0. The number of ether oxygens (including phenoxy) is 1. The Morgan fingerprint density at radius 1 is 1.42 bits per heavy atom. The van der Waals surface area contributed by atoms with Crippen molar-refractivity contribution in [3.8, 4) is 5.75 Å². The molecule has 1 aromatic rings. The first kappa shape index (κ1) is 9.58. The zero-order valence-corrected chi connectivity index (χ0v) is 9.11. The first-order chi connectivity index (χ1) is 5.84. The van der Waals surface area contributed by atoms with Gasteiger partial charge in [-0.25, -0.2) is 0 Å². The third kappa shape index (κ3) is 2.85. The fourth-order valence-electron chi connectivity index (χ4n) is 0.796. The highest BCUT2D eigenvalue weighted by Gasteiger charge is 1.95. The molecule has 2 heteroatoms. The molecule has 0 N–H and O–H groups in total. The second kappa shape index (κ2) is 5.19. The molecule has 0 fully saturated rings. The van der Waals surface area contributed by atoms with Gasteiger partial charge >= 0.3 is 0 Å². The van der Waals surface area contributed by atoms with Gasteiger partial charge in [-0.3, -0.25) is 0 Å². The van der Waals surface area contributed by atoms with E-state index in [1.807, 2.05) is 43.3 Å². The number of para-hydroxylation sites is 1. The maximum absolute atomic E-state index is 5.48. The Hall–Kier alpha value is -0.510. The average Bonchev–Trinajstić information content (AvgIpc) is 2.09. The van der Waals surface area contributed by atoms with Crippen LogP contribution in [0.25, 0.3) is 0 Å². The summed E-state index contributed by atoms with van der Waals surface area (Å²) in [4.78, 5) is 0. The highest BCUT2D eigenvalue weighted by molar-refractivity contribution is 14.1. The van der Waals surface area contributed by atoms with Crippen LogP contribution in [0.2, 0.25) is 0 Å². The SMILES string of the molecule is C/C=C\COc1ccccc1I. The van der Waals surface area contributed by atoms with Crippen LogP contribution in [0.15, 0.2) is 36.4 Å². The van der Waals surface area contributed by atoms with Crippen molar-refractivity contribution in [2.75, 3.05) is 6.61 Å². The van der Waals surface area contributed by atoms with Gasteiger partial charge in [0.1, 0.15) is 12.4 Å². The van der Waals surface area contributed by atoms with Crippen molar-refractivity contribution in [3.63, 3.8) is 0 Å². The zero-order chi connectivity index (χ0) is 8.81. The molecule has 0 spiro atoms. The van der Waals surface area contributed by atoms with Crippen LogP contribution in [0.1, 0.15) is 6.92 Å². The monoisotopic (exact) mass is 274 g/mol. The van der Waals surface area contributed by atoms with Crippen molar-refractivity contribution in [3.05, 3.63) is 40.0 Å². The predicted molar refractivity (Wildman–Crippen MR) is 59.5 cm³/mol. The first-order valence-corrected chi connectivity index (χ1v) is 4.91. The predicted octanol–water partition coefficient (Wildman–Crippen LogP) is 3.25. The van der Waals surface area contributed by atoms with Gasteiger partial charge in [-0.15, -0.1) is 0 Å². The van der Waals surface area contributed by atoms with E-state index in [9.17, 15) is 0 Å². The van der Waals surface area contributed by atoms with Gasteiger partial charge in [-0.1, -0.05) is 24.3 Å². The van der Waals surface area contributed by atoms with Crippen LogP contribution in [-0.4, -0.2) is 6.61 Å². The Morgan fingerprint density at radius 3 is 2.83 bits per heavy atom. The first-order valence-electron chi connectivity index (χ1n) is 3.83. The maximum atomic E-state index is 5.48. The molecule has 0 saturated carbocycles. The summed E-state index contributed by atoms with van der Waals surface area (Å²) >= 11 is 2.26. The minimum Gasteiger partial charge on any atom is -0.488 e. The van der Waals surface area contributed by atoms with Crippen molar-refractivity contribution in [2.45, 2.75) is 6.92 Å². The Bertz CT molecular complexity index is 268. The molecular weight excluding hydrogens is 263 g/mol. The molecule has 0 unspecified atom stereocenters. The molecule has 64 valence electrons. The lowest BCUT2D eigenvalue weighted by atomic mass is 10.3. The Morgan fingerprint density at radius 2 is 2.17 bits per heavy atom. The molecule has 0 aliphatic rings. The fourth-order valence-corrected chi connectivity index (χ4v) is 1.34. The van der Waals surface area contributed by atoms with E-state index < -0.39 is 0 Å². The van der Waals surface area contributed by atoms with Crippen LogP contribution < -0.4 is 4.74 Å². The van der Waals surface area contributed by atoms with Gasteiger partial charge in [0.25, 0.3) is 0 Å². The van der Waals surface area contributed by atoms with Gasteiger partial charge in [-0.05, 0) is 41.6 Å². The van der Waals surface area contributed by atoms with Crippen molar-refractivity contribution < 1.29 is 4.74 Å². The van der Waals surface area contributed by atoms with Gasteiger partial charge in [0.05, 0.1) is 3.57 Å². The molecule has 1 aromatic carbocycles. The van der Waals surface area contributed by atoms with Crippen molar-refractivity contribution >= 4 is 22.6 Å². The summed E-state index contributed by atoms with van der Waals surface area (Å²) in [6, 6.07) is 7.99. The topological polar surface area (TPSA) is 9.23 Å². The number of allylic oxidation sites excluding steroid dienone is 1. The number of hydrogen-bond acceptors (Lipinski definition) is 1. The number of benzene rings is 1. The quantitative estimate of drug-likeness (QED) is 0.607. The van der Waals surface area contributed by atoms with Crippen LogP contribution >= 0.6 is 22.6 Å². The summed E-state index contributed by atoms with van der Waals surface area (Å²) in [7, 11) is 0. The molecule has 0 amide bonds. The molecule has 1 rings (SSSR count). The summed E-state index contributed by atoms with van der Waals surface area (Å²) < 4.78 is 6.64. The van der Waals surface area contributed by atoms with Crippen LogP contribution in [0.5, 0.6) is 5.75 Å². The summed E-state index contributed by atoms with van der Waals surface area (Å²) in [5, 5.41) is 0. The maximum Gasteiger partial charge on any atom is 0.133 e. The third-order valence-corrected chi connectivity index (χ3v) is 2.30. The van der Waals surface area contributed by atoms with Crippen LogP contribution in [0, 0.1) is 3.57 Å². The van der Waals surface area contributed by atoms with Gasteiger partial charge in [0, 0.05) is 0 Å². The summed E-state index contributed by atoms with van der Waals surface area (Å²) in [6.45, 7) is 2.63. The van der Waals surface area contributed by atoms with Gasteiger partial charge in [0.15, 0.2) is 0 Å². The normalized spacial score (nSPS) is 10.5. The minimum atomic E-state index is 0.649. The van der Waals surface area contributed by atoms with Gasteiger partial charge < -0.3 is 4.74 Å². The van der Waals surface area contributed by atoms with Crippen molar-refractivity contribution in [1.29, 1.82) is 0 Å². The molecule has 0 heterocycles. The molecule has 0 aliphatic heterocycles. The van der Waals surface area contributed by atoms with E-state index in [-0.39, 0.29) is 0 Å². The average molecular weight is 274 g/mol. The zero-order valence-electron chi connectivity index (χ0n) is 6.96. The lowest BCUT2D eigenvalue weighted by Crippen LogP contribution is -1.94. The molecule has 0 bridgehead atoms. The lowest BCUT2D eigenvalue weighted by Gasteiger charge is -2.04. The van der Waals surface area contributed by atoms with Crippen LogP contribution in [0.3, 0.4) is 0 Å². The van der Waals surface area contributed by atoms with Crippen molar-refractivity contribution in [1.82, 2.24) is 0 Å². The molecule has 1 nitrogen and oxygen atoms in total. The Balaban J connectivity index is 2.57. The number of halogens is 1. The van der Waals surface area contributed by atoms with Crippen LogP contribution in [0.4, 0.5) is 0 Å². The van der Waals surface area contributed by atoms with E-state index in [2.05, 4.69) is 22.6 Å². The Kier molecular flexibility index (Phi) is 4.14. The standard InChI is InChI=1S/C10H11IO/c1-2-3-8-12-10-7-5-4-6-9(10)11/h2-7H,8H2,1H3/b3-2-.